The van der Waals surface area contributed by atoms with Gasteiger partial charge in [-0.05, 0) is 68.8 Å². The number of amides is 1. The van der Waals surface area contributed by atoms with Crippen LogP contribution in [0.4, 0.5) is 14.5 Å². The summed E-state index contributed by atoms with van der Waals surface area (Å²) in [5.41, 5.74) is 2.49. The van der Waals surface area contributed by atoms with E-state index in [1.54, 1.807) is 0 Å². The number of hydrogen-bond acceptors (Lipinski definition) is 3. The summed E-state index contributed by atoms with van der Waals surface area (Å²) in [5.74, 6) is -2.27. The molecule has 33 heavy (non-hydrogen) atoms. The van der Waals surface area contributed by atoms with Crippen molar-refractivity contribution in [1.82, 2.24) is 4.90 Å². The molecule has 1 N–H and O–H groups in total. The van der Waals surface area contributed by atoms with Gasteiger partial charge < -0.3 is 5.32 Å². The average molecular weight is 449 g/mol. The number of likely N-dealkylation sites (tertiary alicyclic amines) is 1. The lowest BCUT2D eigenvalue weighted by molar-refractivity contribution is -0.122. The van der Waals surface area contributed by atoms with E-state index in [0.717, 1.165) is 35.0 Å². The Bertz CT molecular complexity index is 1120. The molecule has 6 heteroatoms. The zero-order valence-corrected chi connectivity index (χ0v) is 18.4. The molecule has 0 saturated carbocycles. The van der Waals surface area contributed by atoms with E-state index in [2.05, 4.69) is 5.32 Å². The Morgan fingerprint density at radius 2 is 1.61 bits per heavy atom. The van der Waals surface area contributed by atoms with Crippen LogP contribution in [0.1, 0.15) is 40.4 Å². The second kappa shape index (κ2) is 10.0. The fourth-order valence-electron chi connectivity index (χ4n) is 4.34. The Hall–Kier alpha value is -3.38. The molecule has 1 heterocycles. The van der Waals surface area contributed by atoms with E-state index in [0.29, 0.717) is 25.9 Å². The summed E-state index contributed by atoms with van der Waals surface area (Å²) in [6.07, 6.45) is 0.936. The topological polar surface area (TPSA) is 49.4 Å². The number of ketones is 1. The molecule has 0 aromatic heterocycles. The lowest BCUT2D eigenvalue weighted by Crippen LogP contribution is -2.43. The van der Waals surface area contributed by atoms with Crippen LogP contribution in [0.25, 0.3) is 0 Å². The van der Waals surface area contributed by atoms with Crippen molar-refractivity contribution in [2.45, 2.75) is 25.8 Å². The molecule has 170 valence electrons. The Morgan fingerprint density at radius 3 is 2.27 bits per heavy atom. The number of anilines is 1. The molecule has 1 amide bonds. The summed E-state index contributed by atoms with van der Waals surface area (Å²) < 4.78 is 27.6. The predicted octanol–water partition coefficient (Wildman–Crippen LogP) is 5.55. The number of hydrogen-bond donors (Lipinski definition) is 1. The van der Waals surface area contributed by atoms with E-state index in [1.807, 2.05) is 66.4 Å². The number of piperidine rings is 1. The van der Waals surface area contributed by atoms with E-state index in [9.17, 15) is 18.4 Å². The Labute approximate surface area is 192 Å². The summed E-state index contributed by atoms with van der Waals surface area (Å²) >= 11 is 0. The zero-order chi connectivity index (χ0) is 23.4. The smallest absolute Gasteiger partial charge is 0.246 e. The lowest BCUT2D eigenvalue weighted by atomic mass is 9.87. The van der Waals surface area contributed by atoms with Crippen molar-refractivity contribution in [2.24, 2.45) is 5.92 Å². The fraction of sp³-hybridized carbons (Fsp3) is 0.259. The molecule has 1 saturated heterocycles. The third kappa shape index (κ3) is 5.34. The standard InChI is InChI=1S/C27H26F2N2O2/c1-18-7-10-22(11-8-18)30-27(33)25(19-5-3-2-4-6-19)31-15-13-20(14-16-31)26(32)23-17-21(28)9-12-24(23)29/h2-12,17,20,25H,13-16H2,1H3,(H,30,33). The molecule has 1 unspecified atom stereocenters. The fourth-order valence-corrected chi connectivity index (χ4v) is 4.34. The highest BCUT2D eigenvalue weighted by molar-refractivity contribution is 5.98. The third-order valence-corrected chi connectivity index (χ3v) is 6.14. The molecule has 4 nitrogen and oxygen atoms in total. The van der Waals surface area contributed by atoms with Gasteiger partial charge in [-0.15, -0.1) is 0 Å². The summed E-state index contributed by atoms with van der Waals surface area (Å²) in [6, 6.07) is 19.6. The molecule has 0 bridgehead atoms. The average Bonchev–Trinajstić information content (AvgIpc) is 2.83. The summed E-state index contributed by atoms with van der Waals surface area (Å²) in [4.78, 5) is 28.2. The molecule has 1 fully saturated rings. The van der Waals surface area contributed by atoms with Crippen LogP contribution in [-0.4, -0.2) is 29.7 Å². The molecule has 3 aromatic rings. The van der Waals surface area contributed by atoms with Gasteiger partial charge in [-0.3, -0.25) is 14.5 Å². The predicted molar refractivity (Wildman–Crippen MR) is 124 cm³/mol. The first-order valence-electron chi connectivity index (χ1n) is 11.1. The van der Waals surface area contributed by atoms with Crippen molar-refractivity contribution in [3.63, 3.8) is 0 Å². The van der Waals surface area contributed by atoms with Crippen molar-refractivity contribution in [3.05, 3.63) is 101 Å². The van der Waals surface area contributed by atoms with E-state index in [4.69, 9.17) is 0 Å². The second-order valence-corrected chi connectivity index (χ2v) is 8.47. The minimum Gasteiger partial charge on any atom is -0.324 e. The monoisotopic (exact) mass is 448 g/mol. The van der Waals surface area contributed by atoms with E-state index < -0.39 is 23.6 Å². The molecule has 1 aliphatic rings. The van der Waals surface area contributed by atoms with Crippen LogP contribution in [0.3, 0.4) is 0 Å². The molecule has 0 spiro atoms. The van der Waals surface area contributed by atoms with Gasteiger partial charge in [0.15, 0.2) is 5.78 Å². The molecule has 4 rings (SSSR count). The van der Waals surface area contributed by atoms with Gasteiger partial charge in [0.2, 0.25) is 5.91 Å². The molecule has 0 aliphatic carbocycles. The lowest BCUT2D eigenvalue weighted by Gasteiger charge is -2.36. The Morgan fingerprint density at radius 1 is 0.939 bits per heavy atom. The van der Waals surface area contributed by atoms with Gasteiger partial charge in [-0.25, -0.2) is 8.78 Å². The molecule has 0 radical (unpaired) electrons. The molecule has 1 atom stereocenters. The van der Waals surface area contributed by atoms with Crippen molar-refractivity contribution in [3.8, 4) is 0 Å². The highest BCUT2D eigenvalue weighted by Gasteiger charge is 2.34. The van der Waals surface area contributed by atoms with E-state index in [-0.39, 0.29) is 17.3 Å². The van der Waals surface area contributed by atoms with Crippen LogP contribution >= 0.6 is 0 Å². The largest absolute Gasteiger partial charge is 0.324 e. The van der Waals surface area contributed by atoms with Gasteiger partial charge in [-0.2, -0.15) is 0 Å². The number of carbonyl (C=O) groups excluding carboxylic acids is 2. The number of nitrogens with one attached hydrogen (secondary N) is 1. The first kappa shape index (κ1) is 22.8. The highest BCUT2D eigenvalue weighted by Crippen LogP contribution is 2.30. The molecular weight excluding hydrogens is 422 g/mol. The molecular formula is C27H26F2N2O2. The van der Waals surface area contributed by atoms with Gasteiger partial charge in [0.05, 0.1) is 5.56 Å². The number of rotatable bonds is 6. The first-order valence-corrected chi connectivity index (χ1v) is 11.1. The van der Waals surface area contributed by atoms with Crippen LogP contribution < -0.4 is 5.32 Å². The van der Waals surface area contributed by atoms with Crippen molar-refractivity contribution < 1.29 is 18.4 Å². The van der Waals surface area contributed by atoms with Gasteiger partial charge in [0.1, 0.15) is 17.7 Å². The number of nitrogens with zero attached hydrogens (tertiary/aromatic N) is 1. The maximum atomic E-state index is 14.1. The maximum absolute atomic E-state index is 14.1. The Balaban J connectivity index is 1.49. The van der Waals surface area contributed by atoms with E-state index >= 15 is 0 Å². The maximum Gasteiger partial charge on any atom is 0.246 e. The zero-order valence-electron chi connectivity index (χ0n) is 18.4. The summed E-state index contributed by atoms with van der Waals surface area (Å²) in [7, 11) is 0. The van der Waals surface area contributed by atoms with Crippen molar-refractivity contribution in [1.29, 1.82) is 0 Å². The minimum atomic E-state index is -0.705. The third-order valence-electron chi connectivity index (χ3n) is 6.14. The van der Waals surface area contributed by atoms with Crippen molar-refractivity contribution >= 4 is 17.4 Å². The number of carbonyl (C=O) groups is 2. The Kier molecular flexibility index (Phi) is 6.94. The van der Waals surface area contributed by atoms with Crippen LogP contribution in [0.5, 0.6) is 0 Å². The van der Waals surface area contributed by atoms with Crippen LogP contribution in [0, 0.1) is 24.5 Å². The summed E-state index contributed by atoms with van der Waals surface area (Å²) in [5, 5.41) is 3.00. The number of benzene rings is 3. The van der Waals surface area contributed by atoms with Crippen LogP contribution in [0.2, 0.25) is 0 Å². The van der Waals surface area contributed by atoms with Crippen molar-refractivity contribution in [2.75, 3.05) is 18.4 Å². The van der Waals surface area contributed by atoms with Gasteiger partial charge >= 0.3 is 0 Å². The quantitative estimate of drug-likeness (QED) is 0.503. The normalized spacial score (nSPS) is 15.7. The number of halogens is 2. The number of aryl methyl sites for hydroxylation is 1. The van der Waals surface area contributed by atoms with Crippen LogP contribution in [-0.2, 0) is 4.79 Å². The minimum absolute atomic E-state index is 0.147. The van der Waals surface area contributed by atoms with Gasteiger partial charge in [0, 0.05) is 11.6 Å². The van der Waals surface area contributed by atoms with Crippen LogP contribution in [0.15, 0.2) is 72.8 Å². The molecule has 1 aliphatic heterocycles. The highest BCUT2D eigenvalue weighted by atomic mass is 19.1. The number of Topliss-reactive ketones (excluding diaryl/α,β-unsaturated/α-hetero) is 1. The first-order chi connectivity index (χ1) is 15.9. The SMILES string of the molecule is Cc1ccc(NC(=O)C(c2ccccc2)N2CCC(C(=O)c3cc(F)ccc3F)CC2)cc1. The van der Waals surface area contributed by atoms with Gasteiger partial charge in [0.25, 0.3) is 0 Å². The van der Waals surface area contributed by atoms with E-state index in [1.165, 1.54) is 0 Å². The van der Waals surface area contributed by atoms with Gasteiger partial charge in [-0.1, -0.05) is 48.0 Å². The summed E-state index contributed by atoms with van der Waals surface area (Å²) in [6.45, 7) is 2.97. The second-order valence-electron chi connectivity index (χ2n) is 8.47. The molecule has 3 aromatic carbocycles.